The number of aliphatic hydroxyl groups excluding tert-OH is 1. The molecule has 1 fully saturated rings. The van der Waals surface area contributed by atoms with Gasteiger partial charge in [-0.15, -0.1) is 0 Å². The van der Waals surface area contributed by atoms with Crippen LogP contribution in [0.1, 0.15) is 5.56 Å². The van der Waals surface area contributed by atoms with Crippen molar-refractivity contribution < 1.29 is 5.11 Å². The van der Waals surface area contributed by atoms with E-state index in [1.165, 1.54) is 0 Å². The number of anilines is 1. The topological polar surface area (TPSA) is 23.5 Å². The van der Waals surface area contributed by atoms with Crippen molar-refractivity contribution in [3.8, 4) is 0 Å². The molecule has 1 aliphatic heterocycles. The maximum absolute atomic E-state index is 9.28. The Bertz CT molecular complexity index is 339. The summed E-state index contributed by atoms with van der Waals surface area (Å²) in [5.41, 5.74) is 1.94. The Balaban J connectivity index is 2.31. The third-order valence-corrected chi connectivity index (χ3v) is 3.82. The summed E-state index contributed by atoms with van der Waals surface area (Å²) in [7, 11) is 0. The minimum Gasteiger partial charge on any atom is -0.392 e. The Kier molecular flexibility index (Phi) is 3.78. The van der Waals surface area contributed by atoms with E-state index in [0.717, 1.165) is 40.9 Å². The van der Waals surface area contributed by atoms with Crippen molar-refractivity contribution in [1.29, 1.82) is 0 Å². The number of hydrogen-bond donors (Lipinski definition) is 1. The summed E-state index contributed by atoms with van der Waals surface area (Å²) in [6.45, 7) is 2.09. The fourth-order valence-electron chi connectivity index (χ4n) is 1.83. The van der Waals surface area contributed by atoms with Crippen LogP contribution in [0.3, 0.4) is 0 Å². The van der Waals surface area contributed by atoms with Gasteiger partial charge in [0.1, 0.15) is 0 Å². The maximum Gasteiger partial charge on any atom is 0.0702 e. The Morgan fingerprint density at radius 2 is 2.07 bits per heavy atom. The molecule has 1 N–H and O–H groups in total. The molecule has 82 valence electrons. The molecule has 0 saturated carbocycles. The van der Waals surface area contributed by atoms with E-state index in [0.29, 0.717) is 0 Å². The molecule has 4 heteroatoms. The average Bonchev–Trinajstić information content (AvgIpc) is 2.29. The molecule has 1 aliphatic rings. The molecular formula is C11H14ClNOS. The highest BCUT2D eigenvalue weighted by Gasteiger charge is 2.16. The van der Waals surface area contributed by atoms with Gasteiger partial charge in [-0.2, -0.15) is 11.8 Å². The standard InChI is InChI=1S/C11H14ClNOS/c12-10-3-1-2-9(8-14)11(10)13-4-6-15-7-5-13/h1-3,14H,4-8H2. The van der Waals surface area contributed by atoms with E-state index in [-0.39, 0.29) is 6.61 Å². The molecule has 2 rings (SSSR count). The van der Waals surface area contributed by atoms with Crippen LogP contribution in [0.4, 0.5) is 5.69 Å². The van der Waals surface area contributed by atoms with Crippen LogP contribution >= 0.6 is 23.4 Å². The maximum atomic E-state index is 9.28. The third kappa shape index (κ3) is 2.41. The molecule has 0 amide bonds. The van der Waals surface area contributed by atoms with Crippen molar-refractivity contribution in [3.63, 3.8) is 0 Å². The fraction of sp³-hybridized carbons (Fsp3) is 0.455. The molecule has 0 aromatic heterocycles. The van der Waals surface area contributed by atoms with E-state index in [1.807, 2.05) is 30.0 Å². The highest BCUT2D eigenvalue weighted by atomic mass is 35.5. The monoisotopic (exact) mass is 243 g/mol. The van der Waals surface area contributed by atoms with Crippen LogP contribution in [-0.2, 0) is 6.61 Å². The summed E-state index contributed by atoms with van der Waals surface area (Å²) in [6.07, 6.45) is 0. The van der Waals surface area contributed by atoms with Gasteiger partial charge in [-0.05, 0) is 6.07 Å². The Morgan fingerprint density at radius 1 is 1.33 bits per heavy atom. The smallest absolute Gasteiger partial charge is 0.0702 e. The van der Waals surface area contributed by atoms with Crippen LogP contribution < -0.4 is 4.90 Å². The zero-order chi connectivity index (χ0) is 10.7. The molecule has 1 saturated heterocycles. The van der Waals surface area contributed by atoms with E-state index < -0.39 is 0 Å². The summed E-state index contributed by atoms with van der Waals surface area (Å²) in [5, 5.41) is 10.0. The van der Waals surface area contributed by atoms with E-state index >= 15 is 0 Å². The number of benzene rings is 1. The summed E-state index contributed by atoms with van der Waals surface area (Å²) in [6, 6.07) is 5.71. The number of para-hydroxylation sites is 1. The van der Waals surface area contributed by atoms with Crippen molar-refractivity contribution in [2.75, 3.05) is 29.5 Å². The Morgan fingerprint density at radius 3 is 2.73 bits per heavy atom. The van der Waals surface area contributed by atoms with Gasteiger partial charge in [-0.3, -0.25) is 0 Å². The Hall–Kier alpha value is -0.380. The van der Waals surface area contributed by atoms with Gasteiger partial charge in [0, 0.05) is 30.2 Å². The largest absolute Gasteiger partial charge is 0.392 e. The van der Waals surface area contributed by atoms with E-state index in [2.05, 4.69) is 4.90 Å². The molecule has 1 aromatic carbocycles. The number of nitrogens with zero attached hydrogens (tertiary/aromatic N) is 1. The fourth-order valence-corrected chi connectivity index (χ4v) is 3.05. The first-order valence-electron chi connectivity index (χ1n) is 5.04. The molecule has 0 unspecified atom stereocenters. The molecule has 0 bridgehead atoms. The molecule has 0 aliphatic carbocycles. The minimum atomic E-state index is 0.0551. The second kappa shape index (κ2) is 5.10. The van der Waals surface area contributed by atoms with E-state index in [9.17, 15) is 5.11 Å². The van der Waals surface area contributed by atoms with Gasteiger partial charge in [-0.1, -0.05) is 23.7 Å². The van der Waals surface area contributed by atoms with Crippen molar-refractivity contribution in [3.05, 3.63) is 28.8 Å². The number of halogens is 1. The van der Waals surface area contributed by atoms with E-state index in [1.54, 1.807) is 0 Å². The normalized spacial score (nSPS) is 16.8. The molecule has 0 radical (unpaired) electrons. The first-order valence-corrected chi connectivity index (χ1v) is 6.57. The molecule has 15 heavy (non-hydrogen) atoms. The number of thioether (sulfide) groups is 1. The number of hydrogen-bond acceptors (Lipinski definition) is 3. The quantitative estimate of drug-likeness (QED) is 0.863. The van der Waals surface area contributed by atoms with Gasteiger partial charge in [0.05, 0.1) is 17.3 Å². The third-order valence-electron chi connectivity index (χ3n) is 2.57. The van der Waals surface area contributed by atoms with Crippen LogP contribution in [0.15, 0.2) is 18.2 Å². The van der Waals surface area contributed by atoms with Crippen molar-refractivity contribution in [2.24, 2.45) is 0 Å². The summed E-state index contributed by atoms with van der Waals surface area (Å²) < 4.78 is 0. The number of aliphatic hydroxyl groups is 1. The number of rotatable bonds is 2. The highest BCUT2D eigenvalue weighted by Crippen LogP contribution is 2.31. The first-order chi connectivity index (χ1) is 7.33. The van der Waals surface area contributed by atoms with Gasteiger partial charge >= 0.3 is 0 Å². The molecule has 2 nitrogen and oxygen atoms in total. The van der Waals surface area contributed by atoms with Crippen molar-refractivity contribution in [1.82, 2.24) is 0 Å². The predicted molar refractivity (Wildman–Crippen MR) is 66.9 cm³/mol. The zero-order valence-electron chi connectivity index (χ0n) is 8.45. The van der Waals surface area contributed by atoms with Crippen molar-refractivity contribution >= 4 is 29.1 Å². The second-order valence-electron chi connectivity index (χ2n) is 3.51. The van der Waals surface area contributed by atoms with Gasteiger partial charge in [0.15, 0.2) is 0 Å². The molecule has 0 spiro atoms. The van der Waals surface area contributed by atoms with Gasteiger partial charge < -0.3 is 10.0 Å². The zero-order valence-corrected chi connectivity index (χ0v) is 10.0. The Labute approximate surface area is 99.2 Å². The summed E-state index contributed by atoms with van der Waals surface area (Å²) >= 11 is 8.15. The molecule has 1 aromatic rings. The lowest BCUT2D eigenvalue weighted by Gasteiger charge is -2.30. The van der Waals surface area contributed by atoms with Crippen LogP contribution in [0, 0.1) is 0 Å². The van der Waals surface area contributed by atoms with Gasteiger partial charge in [0.25, 0.3) is 0 Å². The lowest BCUT2D eigenvalue weighted by atomic mass is 10.1. The van der Waals surface area contributed by atoms with E-state index in [4.69, 9.17) is 11.6 Å². The average molecular weight is 244 g/mol. The lowest BCUT2D eigenvalue weighted by Crippen LogP contribution is -2.33. The van der Waals surface area contributed by atoms with Crippen LogP contribution in [0.5, 0.6) is 0 Å². The predicted octanol–water partition coefficient (Wildman–Crippen LogP) is 2.39. The lowest BCUT2D eigenvalue weighted by molar-refractivity contribution is 0.282. The second-order valence-corrected chi connectivity index (χ2v) is 5.14. The summed E-state index contributed by atoms with van der Waals surface area (Å²) in [4.78, 5) is 2.27. The SMILES string of the molecule is OCc1cccc(Cl)c1N1CCSCC1. The van der Waals surface area contributed by atoms with Gasteiger partial charge in [0.2, 0.25) is 0 Å². The van der Waals surface area contributed by atoms with Crippen molar-refractivity contribution in [2.45, 2.75) is 6.61 Å². The highest BCUT2D eigenvalue weighted by molar-refractivity contribution is 7.99. The van der Waals surface area contributed by atoms with Gasteiger partial charge in [-0.25, -0.2) is 0 Å². The van der Waals surface area contributed by atoms with Crippen LogP contribution in [0.2, 0.25) is 5.02 Å². The molecule has 1 heterocycles. The van der Waals surface area contributed by atoms with Crippen LogP contribution in [0.25, 0.3) is 0 Å². The summed E-state index contributed by atoms with van der Waals surface area (Å²) in [5.74, 6) is 2.27. The van der Waals surface area contributed by atoms with Crippen LogP contribution in [-0.4, -0.2) is 29.7 Å². The first kappa shape index (κ1) is 11.1. The molecular weight excluding hydrogens is 230 g/mol. The molecule has 0 atom stereocenters. The minimum absolute atomic E-state index is 0.0551.